The molecule has 26 heavy (non-hydrogen) atoms. The molecule has 0 bridgehead atoms. The summed E-state index contributed by atoms with van der Waals surface area (Å²) in [4.78, 5) is 25.0. The smallest absolute Gasteiger partial charge is 0.300 e. The van der Waals surface area contributed by atoms with E-state index in [2.05, 4.69) is 9.97 Å². The molecule has 2 aromatic heterocycles. The first kappa shape index (κ1) is 16.8. The largest absolute Gasteiger partial charge is 0.422 e. The van der Waals surface area contributed by atoms with Crippen LogP contribution in [-0.2, 0) is 4.74 Å². The minimum atomic E-state index is -0.400. The van der Waals surface area contributed by atoms with Gasteiger partial charge in [0.25, 0.3) is 11.9 Å². The molecule has 0 saturated carbocycles. The topological polar surface area (TPSA) is 71.7 Å². The summed E-state index contributed by atoms with van der Waals surface area (Å²) in [5.74, 6) is -0.0527. The van der Waals surface area contributed by atoms with E-state index in [1.165, 1.54) is 0 Å². The van der Waals surface area contributed by atoms with Gasteiger partial charge in [0.05, 0.1) is 6.54 Å². The van der Waals surface area contributed by atoms with Crippen LogP contribution in [0.2, 0.25) is 5.15 Å². The van der Waals surface area contributed by atoms with Gasteiger partial charge in [-0.3, -0.25) is 4.79 Å². The SMILES string of the molecule is COC1CN(c2nc3nc(Cl)ccc3o2)CCN1C(=O)c1ccccc1. The maximum atomic E-state index is 12.8. The highest BCUT2D eigenvalue weighted by molar-refractivity contribution is 6.29. The van der Waals surface area contributed by atoms with Gasteiger partial charge in [-0.1, -0.05) is 29.8 Å². The predicted octanol–water partition coefficient (Wildman–Crippen LogP) is 2.81. The van der Waals surface area contributed by atoms with Crippen LogP contribution in [0.4, 0.5) is 6.01 Å². The molecule has 1 amide bonds. The molecule has 1 atom stereocenters. The van der Waals surface area contributed by atoms with Gasteiger partial charge in [-0.25, -0.2) is 4.98 Å². The molecular formula is C18H17ClN4O3. The molecule has 0 N–H and O–H groups in total. The van der Waals surface area contributed by atoms with E-state index < -0.39 is 6.23 Å². The van der Waals surface area contributed by atoms with Crippen molar-refractivity contribution in [2.75, 3.05) is 31.6 Å². The van der Waals surface area contributed by atoms with Crippen molar-refractivity contribution in [2.24, 2.45) is 0 Å². The number of benzene rings is 1. The maximum Gasteiger partial charge on any atom is 0.300 e. The van der Waals surface area contributed by atoms with Crippen LogP contribution < -0.4 is 4.90 Å². The molecule has 1 aliphatic rings. The van der Waals surface area contributed by atoms with Crippen LogP contribution in [0.5, 0.6) is 0 Å². The van der Waals surface area contributed by atoms with E-state index in [0.29, 0.717) is 47.6 Å². The van der Waals surface area contributed by atoms with E-state index in [-0.39, 0.29) is 5.91 Å². The lowest BCUT2D eigenvalue weighted by atomic mass is 10.1. The summed E-state index contributed by atoms with van der Waals surface area (Å²) >= 11 is 5.90. The van der Waals surface area contributed by atoms with Crippen LogP contribution in [0.25, 0.3) is 11.2 Å². The van der Waals surface area contributed by atoms with E-state index in [9.17, 15) is 4.79 Å². The quantitative estimate of drug-likeness (QED) is 0.658. The molecule has 3 aromatic rings. The van der Waals surface area contributed by atoms with Crippen molar-refractivity contribution in [3.8, 4) is 0 Å². The van der Waals surface area contributed by atoms with Crippen LogP contribution in [0.15, 0.2) is 46.9 Å². The zero-order valence-corrected chi connectivity index (χ0v) is 14.9. The van der Waals surface area contributed by atoms with Gasteiger partial charge in [-0.2, -0.15) is 4.98 Å². The number of oxazole rings is 1. The fourth-order valence-electron chi connectivity index (χ4n) is 3.02. The molecule has 7 nitrogen and oxygen atoms in total. The van der Waals surface area contributed by atoms with E-state index in [0.717, 1.165) is 0 Å². The second kappa shape index (κ2) is 6.93. The molecule has 0 aliphatic carbocycles. The number of halogens is 1. The van der Waals surface area contributed by atoms with Crippen LogP contribution in [0.3, 0.4) is 0 Å². The third kappa shape index (κ3) is 3.11. The Morgan fingerprint density at radius 3 is 2.77 bits per heavy atom. The lowest BCUT2D eigenvalue weighted by Crippen LogP contribution is -2.56. The minimum Gasteiger partial charge on any atom is -0.422 e. The molecule has 1 aromatic carbocycles. The van der Waals surface area contributed by atoms with Crippen molar-refractivity contribution in [1.29, 1.82) is 0 Å². The number of carbonyl (C=O) groups excluding carboxylic acids is 1. The van der Waals surface area contributed by atoms with Gasteiger partial charge in [0.2, 0.25) is 5.65 Å². The van der Waals surface area contributed by atoms with Crippen LogP contribution in [-0.4, -0.2) is 53.7 Å². The number of carbonyl (C=O) groups is 1. The average Bonchev–Trinajstić information content (AvgIpc) is 3.10. The fraction of sp³-hybridized carbons (Fsp3) is 0.278. The summed E-state index contributed by atoms with van der Waals surface area (Å²) in [5, 5.41) is 0.366. The molecule has 8 heteroatoms. The zero-order valence-electron chi connectivity index (χ0n) is 14.1. The molecular weight excluding hydrogens is 356 g/mol. The molecule has 1 saturated heterocycles. The molecule has 3 heterocycles. The third-order valence-electron chi connectivity index (χ3n) is 4.37. The van der Waals surface area contributed by atoms with Gasteiger partial charge >= 0.3 is 0 Å². The highest BCUT2D eigenvalue weighted by Crippen LogP contribution is 2.25. The van der Waals surface area contributed by atoms with E-state index >= 15 is 0 Å². The van der Waals surface area contributed by atoms with Crippen molar-refractivity contribution in [3.05, 3.63) is 53.2 Å². The Morgan fingerprint density at radius 2 is 2.00 bits per heavy atom. The van der Waals surface area contributed by atoms with Crippen molar-refractivity contribution in [3.63, 3.8) is 0 Å². The summed E-state index contributed by atoms with van der Waals surface area (Å²) in [5.41, 5.74) is 1.68. The first-order chi connectivity index (χ1) is 12.7. The summed E-state index contributed by atoms with van der Waals surface area (Å²) in [6, 6.07) is 13.0. The Hall–Kier alpha value is -2.64. The second-order valence-corrected chi connectivity index (χ2v) is 6.34. The maximum absolute atomic E-state index is 12.8. The minimum absolute atomic E-state index is 0.0527. The molecule has 4 rings (SSSR count). The summed E-state index contributed by atoms with van der Waals surface area (Å²) < 4.78 is 11.3. The average molecular weight is 373 g/mol. The highest BCUT2D eigenvalue weighted by atomic mass is 35.5. The van der Waals surface area contributed by atoms with E-state index in [4.69, 9.17) is 20.8 Å². The number of hydrogen-bond donors (Lipinski definition) is 0. The van der Waals surface area contributed by atoms with Crippen molar-refractivity contribution >= 4 is 34.8 Å². The number of hydrogen-bond acceptors (Lipinski definition) is 6. The number of ether oxygens (including phenoxy) is 1. The van der Waals surface area contributed by atoms with Crippen molar-refractivity contribution in [2.45, 2.75) is 6.23 Å². The van der Waals surface area contributed by atoms with Gasteiger partial charge in [0.15, 0.2) is 5.58 Å². The first-order valence-corrected chi connectivity index (χ1v) is 8.60. The van der Waals surface area contributed by atoms with E-state index in [1.807, 2.05) is 23.1 Å². The Kier molecular flexibility index (Phi) is 4.48. The summed E-state index contributed by atoms with van der Waals surface area (Å²) in [6.45, 7) is 1.54. The van der Waals surface area contributed by atoms with Gasteiger partial charge in [0.1, 0.15) is 11.4 Å². The number of nitrogens with zero attached hydrogens (tertiary/aromatic N) is 4. The highest BCUT2D eigenvalue weighted by Gasteiger charge is 2.33. The first-order valence-electron chi connectivity index (χ1n) is 8.22. The third-order valence-corrected chi connectivity index (χ3v) is 4.58. The molecule has 0 radical (unpaired) electrons. The lowest BCUT2D eigenvalue weighted by Gasteiger charge is -2.39. The Morgan fingerprint density at radius 1 is 1.19 bits per heavy atom. The number of aromatic nitrogens is 2. The number of piperazine rings is 1. The molecule has 1 unspecified atom stereocenters. The number of fused-ring (bicyclic) bond motifs is 1. The van der Waals surface area contributed by atoms with Gasteiger partial charge in [-0.05, 0) is 24.3 Å². The normalized spacial score (nSPS) is 17.7. The molecule has 0 spiro atoms. The lowest BCUT2D eigenvalue weighted by molar-refractivity contribution is -0.0254. The zero-order chi connectivity index (χ0) is 18.1. The number of amides is 1. The number of anilines is 1. The standard InChI is InChI=1S/C18H17ClN4O3/c1-25-15-11-22(18-21-16-13(26-18)7-8-14(19)20-16)9-10-23(15)17(24)12-5-3-2-4-6-12/h2-8,15H,9-11H2,1H3. The van der Waals surface area contributed by atoms with Crippen LogP contribution >= 0.6 is 11.6 Å². The number of pyridine rings is 1. The van der Waals surface area contributed by atoms with Crippen molar-refractivity contribution < 1.29 is 13.9 Å². The Bertz CT molecular complexity index is 931. The number of rotatable bonds is 3. The number of methoxy groups -OCH3 is 1. The van der Waals surface area contributed by atoms with Crippen LogP contribution in [0.1, 0.15) is 10.4 Å². The summed E-state index contributed by atoms with van der Waals surface area (Å²) in [7, 11) is 1.59. The van der Waals surface area contributed by atoms with Gasteiger partial charge in [-0.15, -0.1) is 0 Å². The summed E-state index contributed by atoms with van der Waals surface area (Å²) in [6.07, 6.45) is -0.400. The molecule has 1 aliphatic heterocycles. The Labute approximate surface area is 155 Å². The predicted molar refractivity (Wildman–Crippen MR) is 97.3 cm³/mol. The Balaban J connectivity index is 1.54. The van der Waals surface area contributed by atoms with Crippen molar-refractivity contribution in [1.82, 2.24) is 14.9 Å². The van der Waals surface area contributed by atoms with Gasteiger partial charge in [0, 0.05) is 25.8 Å². The molecule has 1 fully saturated rings. The second-order valence-electron chi connectivity index (χ2n) is 5.95. The molecule has 134 valence electrons. The monoisotopic (exact) mass is 372 g/mol. The van der Waals surface area contributed by atoms with Crippen LogP contribution in [0, 0.1) is 0 Å². The van der Waals surface area contributed by atoms with Gasteiger partial charge < -0.3 is 19.0 Å². The van der Waals surface area contributed by atoms with E-state index in [1.54, 1.807) is 36.3 Å². The fourth-order valence-corrected chi connectivity index (χ4v) is 3.17.